The third-order valence-electron chi connectivity index (χ3n) is 4.22. The third-order valence-corrected chi connectivity index (χ3v) is 4.22. The molecule has 1 heterocycles. The number of aliphatic carboxylic acids is 1. The van der Waals surface area contributed by atoms with Gasteiger partial charge in [-0.05, 0) is 18.1 Å². The van der Waals surface area contributed by atoms with Crippen LogP contribution in [-0.4, -0.2) is 34.7 Å². The molecule has 2 aromatic carbocycles. The molecule has 3 rings (SSSR count). The topological polar surface area (TPSA) is 105 Å². The Morgan fingerprint density at radius 3 is 2.68 bits per heavy atom. The van der Waals surface area contributed by atoms with Crippen molar-refractivity contribution < 1.29 is 19.4 Å². The Hall–Kier alpha value is -2.86. The van der Waals surface area contributed by atoms with Gasteiger partial charge in [0.05, 0.1) is 6.61 Å². The Labute approximate surface area is 144 Å². The van der Waals surface area contributed by atoms with Crippen LogP contribution in [0.5, 0.6) is 0 Å². The number of benzene rings is 2. The Kier molecular flexibility index (Phi) is 5.00. The molecule has 130 valence electrons. The predicted octanol–water partition coefficient (Wildman–Crippen LogP) is 2.60. The molecule has 0 aliphatic rings. The number of fused-ring (bicyclic) bond motifs is 3. The Morgan fingerprint density at radius 2 is 1.88 bits per heavy atom. The average molecular weight is 340 g/mol. The lowest BCUT2D eigenvalue weighted by molar-refractivity contribution is -0.145. The summed E-state index contributed by atoms with van der Waals surface area (Å²) in [5.41, 5.74) is 8.80. The number of hydrogen-bond donors (Lipinski definition) is 3. The Balaban J connectivity index is 1.65. The molecule has 0 saturated heterocycles. The normalized spacial score (nSPS) is 12.4. The zero-order valence-electron chi connectivity index (χ0n) is 13.7. The first-order valence-corrected chi connectivity index (χ1v) is 8.18. The van der Waals surface area contributed by atoms with Crippen molar-refractivity contribution in [3.8, 4) is 0 Å². The summed E-state index contributed by atoms with van der Waals surface area (Å²) < 4.78 is 5.19. The van der Waals surface area contributed by atoms with Gasteiger partial charge in [-0.25, -0.2) is 0 Å². The molecule has 1 aromatic heterocycles. The van der Waals surface area contributed by atoms with Crippen LogP contribution in [-0.2, 0) is 20.7 Å². The number of aromatic nitrogens is 1. The van der Waals surface area contributed by atoms with Crippen LogP contribution in [0.1, 0.15) is 18.4 Å². The molecule has 0 amide bonds. The van der Waals surface area contributed by atoms with Crippen molar-refractivity contribution in [2.45, 2.75) is 25.3 Å². The second-order valence-corrected chi connectivity index (χ2v) is 5.97. The van der Waals surface area contributed by atoms with Gasteiger partial charge < -0.3 is 20.6 Å². The summed E-state index contributed by atoms with van der Waals surface area (Å²) in [7, 11) is 0. The standard InChI is InChI=1S/C19H20N2O4/c20-15(8-9-17(22)23)19(24)25-11-10-12-4-3-6-14-13-5-1-2-7-16(13)21-18(12)14/h1-7,15,21H,8-11,20H2,(H,22,23)/t15-/m0/s1. The zero-order chi connectivity index (χ0) is 17.8. The maximum atomic E-state index is 11.8. The van der Waals surface area contributed by atoms with E-state index >= 15 is 0 Å². The maximum absolute atomic E-state index is 11.8. The van der Waals surface area contributed by atoms with E-state index in [1.807, 2.05) is 30.3 Å². The number of nitrogens with two attached hydrogens (primary N) is 1. The SMILES string of the molecule is N[C@@H](CCC(=O)O)C(=O)OCCc1cccc2c1[nH]c1ccccc12. The average Bonchev–Trinajstić information content (AvgIpc) is 2.99. The predicted molar refractivity (Wildman–Crippen MR) is 95.3 cm³/mol. The van der Waals surface area contributed by atoms with Crippen molar-refractivity contribution in [2.24, 2.45) is 5.73 Å². The lowest BCUT2D eigenvalue weighted by Crippen LogP contribution is -2.33. The van der Waals surface area contributed by atoms with E-state index in [9.17, 15) is 9.59 Å². The summed E-state index contributed by atoms with van der Waals surface area (Å²) in [5.74, 6) is -1.54. The minimum absolute atomic E-state index is 0.0752. The number of esters is 1. The van der Waals surface area contributed by atoms with Crippen LogP contribution in [0.3, 0.4) is 0 Å². The van der Waals surface area contributed by atoms with Crippen LogP contribution < -0.4 is 5.73 Å². The van der Waals surface area contributed by atoms with Gasteiger partial charge in [-0.15, -0.1) is 0 Å². The van der Waals surface area contributed by atoms with E-state index in [4.69, 9.17) is 15.6 Å². The molecule has 6 nitrogen and oxygen atoms in total. The number of hydrogen-bond acceptors (Lipinski definition) is 4. The second-order valence-electron chi connectivity index (χ2n) is 5.97. The highest BCUT2D eigenvalue weighted by molar-refractivity contribution is 6.08. The fourth-order valence-corrected chi connectivity index (χ4v) is 2.91. The summed E-state index contributed by atoms with van der Waals surface area (Å²) in [6, 6.07) is 13.2. The first-order valence-electron chi connectivity index (χ1n) is 8.18. The summed E-state index contributed by atoms with van der Waals surface area (Å²) in [6.07, 6.45) is 0.484. The van der Waals surface area contributed by atoms with E-state index in [1.165, 1.54) is 0 Å². The number of carboxylic acids is 1. The van der Waals surface area contributed by atoms with Crippen molar-refractivity contribution in [1.29, 1.82) is 0 Å². The molecule has 0 bridgehead atoms. The summed E-state index contributed by atoms with van der Waals surface area (Å²) in [6.45, 7) is 0.202. The molecule has 4 N–H and O–H groups in total. The molecule has 0 fully saturated rings. The van der Waals surface area contributed by atoms with E-state index in [1.54, 1.807) is 0 Å². The highest BCUT2D eigenvalue weighted by Crippen LogP contribution is 2.27. The molecule has 0 aliphatic carbocycles. The summed E-state index contributed by atoms with van der Waals surface area (Å²) in [5, 5.41) is 10.9. The molecule has 0 aliphatic heterocycles. The molecule has 0 spiro atoms. The van der Waals surface area contributed by atoms with Crippen LogP contribution in [0.25, 0.3) is 21.8 Å². The largest absolute Gasteiger partial charge is 0.481 e. The zero-order valence-corrected chi connectivity index (χ0v) is 13.7. The van der Waals surface area contributed by atoms with Gasteiger partial charge in [0.1, 0.15) is 6.04 Å². The quantitative estimate of drug-likeness (QED) is 0.573. The van der Waals surface area contributed by atoms with Crippen LogP contribution in [0.4, 0.5) is 0 Å². The number of para-hydroxylation sites is 2. The third kappa shape index (κ3) is 3.80. The van der Waals surface area contributed by atoms with Crippen molar-refractivity contribution >= 4 is 33.7 Å². The number of carbonyl (C=O) groups excluding carboxylic acids is 1. The fraction of sp³-hybridized carbons (Fsp3) is 0.263. The number of rotatable bonds is 7. The van der Waals surface area contributed by atoms with E-state index in [0.29, 0.717) is 6.42 Å². The Bertz CT molecular complexity index is 916. The van der Waals surface area contributed by atoms with Gasteiger partial charge in [-0.2, -0.15) is 0 Å². The molecule has 3 aromatic rings. The van der Waals surface area contributed by atoms with E-state index in [0.717, 1.165) is 27.4 Å². The van der Waals surface area contributed by atoms with Crippen molar-refractivity contribution in [2.75, 3.05) is 6.61 Å². The molecular weight excluding hydrogens is 320 g/mol. The summed E-state index contributed by atoms with van der Waals surface area (Å²) in [4.78, 5) is 25.7. The first-order chi connectivity index (χ1) is 12.1. The minimum atomic E-state index is -0.978. The van der Waals surface area contributed by atoms with Gasteiger partial charge in [0.2, 0.25) is 0 Å². The van der Waals surface area contributed by atoms with Gasteiger partial charge in [-0.1, -0.05) is 36.4 Å². The highest BCUT2D eigenvalue weighted by Gasteiger charge is 2.16. The number of carbonyl (C=O) groups is 2. The molecule has 0 saturated carbocycles. The monoisotopic (exact) mass is 340 g/mol. The van der Waals surface area contributed by atoms with Crippen LogP contribution in [0.2, 0.25) is 0 Å². The van der Waals surface area contributed by atoms with Gasteiger partial charge in [0, 0.05) is 34.6 Å². The fourth-order valence-electron chi connectivity index (χ4n) is 2.91. The van der Waals surface area contributed by atoms with E-state index < -0.39 is 18.0 Å². The van der Waals surface area contributed by atoms with Crippen LogP contribution in [0, 0.1) is 0 Å². The number of H-pyrrole nitrogens is 1. The highest BCUT2D eigenvalue weighted by atomic mass is 16.5. The molecule has 0 unspecified atom stereocenters. The number of nitrogens with one attached hydrogen (secondary N) is 1. The lowest BCUT2D eigenvalue weighted by Gasteiger charge is -2.10. The first kappa shape index (κ1) is 17.0. The van der Waals surface area contributed by atoms with Gasteiger partial charge in [0.15, 0.2) is 0 Å². The number of carboxylic acid groups (broad SMARTS) is 1. The van der Waals surface area contributed by atoms with Crippen LogP contribution >= 0.6 is 0 Å². The van der Waals surface area contributed by atoms with E-state index in [2.05, 4.69) is 17.1 Å². The van der Waals surface area contributed by atoms with Crippen molar-refractivity contribution in [1.82, 2.24) is 4.98 Å². The lowest BCUT2D eigenvalue weighted by atomic mass is 10.1. The smallest absolute Gasteiger partial charge is 0.322 e. The molecule has 0 radical (unpaired) electrons. The Morgan fingerprint density at radius 1 is 1.12 bits per heavy atom. The van der Waals surface area contributed by atoms with Crippen molar-refractivity contribution in [3.05, 3.63) is 48.0 Å². The molecule has 1 atom stereocenters. The minimum Gasteiger partial charge on any atom is -0.481 e. The molecule has 6 heteroatoms. The summed E-state index contributed by atoms with van der Waals surface area (Å²) >= 11 is 0. The maximum Gasteiger partial charge on any atom is 0.322 e. The van der Waals surface area contributed by atoms with Gasteiger partial charge >= 0.3 is 11.9 Å². The van der Waals surface area contributed by atoms with Crippen molar-refractivity contribution in [3.63, 3.8) is 0 Å². The van der Waals surface area contributed by atoms with Crippen LogP contribution in [0.15, 0.2) is 42.5 Å². The van der Waals surface area contributed by atoms with Gasteiger partial charge in [0.25, 0.3) is 0 Å². The van der Waals surface area contributed by atoms with Gasteiger partial charge in [-0.3, -0.25) is 9.59 Å². The number of ether oxygens (including phenoxy) is 1. The molecule has 25 heavy (non-hydrogen) atoms. The second kappa shape index (κ2) is 7.36. The van der Waals surface area contributed by atoms with E-state index in [-0.39, 0.29) is 19.4 Å². The molecular formula is C19H20N2O4. The number of aromatic amines is 1.